The zero-order valence-electron chi connectivity index (χ0n) is 18.2. The molecule has 3 aromatic heterocycles. The number of para-hydroxylation sites is 1. The number of ether oxygens (including phenoxy) is 1. The Morgan fingerprint density at radius 2 is 1.79 bits per heavy atom. The summed E-state index contributed by atoms with van der Waals surface area (Å²) < 4.78 is 7.20. The minimum Gasteiger partial charge on any atom is -0.451 e. The predicted molar refractivity (Wildman–Crippen MR) is 127 cm³/mol. The van der Waals surface area contributed by atoms with E-state index in [1.54, 1.807) is 17.2 Å². The number of hydrogen-bond donors (Lipinski definition) is 0. The quantitative estimate of drug-likeness (QED) is 0.424. The predicted octanol–water partition coefficient (Wildman–Crippen LogP) is 3.30. The first-order valence-corrected chi connectivity index (χ1v) is 11.6. The van der Waals surface area contributed by atoms with Gasteiger partial charge in [0, 0.05) is 37.8 Å². The summed E-state index contributed by atoms with van der Waals surface area (Å²) in [7, 11) is 0. The molecule has 9 heteroatoms. The zero-order valence-corrected chi connectivity index (χ0v) is 19.0. The number of thiophene rings is 1. The molecule has 168 valence electrons. The average molecular weight is 462 g/mol. The fourth-order valence-corrected chi connectivity index (χ4v) is 4.98. The molecule has 0 radical (unpaired) electrons. The van der Waals surface area contributed by atoms with Crippen LogP contribution in [0.1, 0.15) is 15.4 Å². The molecule has 5 rings (SSSR count). The molecule has 4 aromatic rings. The second kappa shape index (κ2) is 9.03. The second-order valence-electron chi connectivity index (χ2n) is 7.79. The highest BCUT2D eigenvalue weighted by Crippen LogP contribution is 2.30. The van der Waals surface area contributed by atoms with E-state index in [4.69, 9.17) is 4.74 Å². The van der Waals surface area contributed by atoms with Crippen LogP contribution in [0.4, 0.5) is 5.82 Å². The molecule has 0 spiro atoms. The highest BCUT2D eigenvalue weighted by molar-refractivity contribution is 7.20. The first-order valence-electron chi connectivity index (χ1n) is 10.8. The number of rotatable bonds is 5. The largest absolute Gasteiger partial charge is 0.451 e. The summed E-state index contributed by atoms with van der Waals surface area (Å²) in [6, 6.07) is 17.4. The average Bonchev–Trinajstić information content (AvgIpc) is 3.44. The Hall–Kier alpha value is -3.72. The van der Waals surface area contributed by atoms with Gasteiger partial charge in [0.15, 0.2) is 6.61 Å². The highest BCUT2D eigenvalue weighted by Gasteiger charge is 2.24. The smallest absolute Gasteiger partial charge is 0.348 e. The lowest BCUT2D eigenvalue weighted by Gasteiger charge is -2.35. The SMILES string of the molecule is Cc1nn(-c2ccccc2)c2sc(C(=O)OCC(=O)N3CCN(c4ccccn4)CC3)cc12. The number of carbonyl (C=O) groups is 2. The van der Waals surface area contributed by atoms with Crippen molar-refractivity contribution in [2.24, 2.45) is 0 Å². The number of hydrogen-bond acceptors (Lipinski definition) is 7. The number of piperazine rings is 1. The van der Waals surface area contributed by atoms with Gasteiger partial charge in [0.25, 0.3) is 5.91 Å². The zero-order chi connectivity index (χ0) is 22.8. The van der Waals surface area contributed by atoms with Crippen LogP contribution in [0.15, 0.2) is 60.8 Å². The summed E-state index contributed by atoms with van der Waals surface area (Å²) in [6.45, 7) is 4.19. The fraction of sp³-hybridized carbons (Fsp3) is 0.250. The Kier molecular flexibility index (Phi) is 5.78. The first kappa shape index (κ1) is 21.1. The Labute approximate surface area is 195 Å². The molecule has 4 heterocycles. The number of esters is 1. The Morgan fingerprint density at radius 3 is 2.52 bits per heavy atom. The normalized spacial score (nSPS) is 14.0. The third-order valence-corrected chi connectivity index (χ3v) is 6.77. The number of aryl methyl sites for hydroxylation is 1. The molecule has 1 aliphatic heterocycles. The van der Waals surface area contributed by atoms with Gasteiger partial charge in [-0.15, -0.1) is 11.3 Å². The topological polar surface area (TPSA) is 80.6 Å². The van der Waals surface area contributed by atoms with E-state index in [1.807, 2.05) is 60.1 Å². The molecule has 1 amide bonds. The Bertz CT molecular complexity index is 1280. The molecule has 0 N–H and O–H groups in total. The summed E-state index contributed by atoms with van der Waals surface area (Å²) in [6.07, 6.45) is 1.76. The number of nitrogens with zero attached hydrogens (tertiary/aromatic N) is 5. The fourth-order valence-electron chi connectivity index (χ4n) is 3.91. The van der Waals surface area contributed by atoms with E-state index in [2.05, 4.69) is 15.0 Å². The van der Waals surface area contributed by atoms with Gasteiger partial charge >= 0.3 is 5.97 Å². The number of fused-ring (bicyclic) bond motifs is 1. The van der Waals surface area contributed by atoms with E-state index < -0.39 is 5.97 Å². The maximum absolute atomic E-state index is 12.7. The first-order chi connectivity index (χ1) is 16.1. The molecule has 0 atom stereocenters. The van der Waals surface area contributed by atoms with Crippen molar-refractivity contribution in [3.05, 3.63) is 71.4 Å². The Balaban J connectivity index is 1.20. The van der Waals surface area contributed by atoms with Crippen LogP contribution < -0.4 is 4.90 Å². The van der Waals surface area contributed by atoms with Crippen molar-refractivity contribution >= 4 is 39.2 Å². The van der Waals surface area contributed by atoms with Crippen LogP contribution in [0.25, 0.3) is 15.9 Å². The summed E-state index contributed by atoms with van der Waals surface area (Å²) in [5, 5.41) is 5.50. The van der Waals surface area contributed by atoms with Crippen LogP contribution in [-0.4, -0.2) is 64.3 Å². The molecular weight excluding hydrogens is 438 g/mol. The lowest BCUT2D eigenvalue weighted by atomic mass is 10.3. The van der Waals surface area contributed by atoms with Crippen LogP contribution in [0.5, 0.6) is 0 Å². The third-order valence-electron chi connectivity index (χ3n) is 5.68. The molecule has 0 unspecified atom stereocenters. The van der Waals surface area contributed by atoms with Crippen LogP contribution in [0.3, 0.4) is 0 Å². The van der Waals surface area contributed by atoms with E-state index in [1.165, 1.54) is 11.3 Å². The molecular formula is C24H23N5O3S. The number of carbonyl (C=O) groups excluding carboxylic acids is 2. The molecule has 1 saturated heterocycles. The van der Waals surface area contributed by atoms with E-state index in [0.717, 1.165) is 27.4 Å². The standard InChI is InChI=1S/C24H23N5O3S/c1-17-19-15-20(33-23(19)29(26-17)18-7-3-2-4-8-18)24(31)32-16-22(30)28-13-11-27(12-14-28)21-9-5-6-10-25-21/h2-10,15H,11-14,16H2,1H3. The monoisotopic (exact) mass is 461 g/mol. The minimum absolute atomic E-state index is 0.184. The molecule has 1 aliphatic rings. The van der Waals surface area contributed by atoms with Crippen LogP contribution in [-0.2, 0) is 9.53 Å². The van der Waals surface area contributed by atoms with E-state index in [9.17, 15) is 9.59 Å². The number of amides is 1. The van der Waals surface area contributed by atoms with Crippen molar-refractivity contribution < 1.29 is 14.3 Å². The van der Waals surface area contributed by atoms with Crippen molar-refractivity contribution in [1.29, 1.82) is 0 Å². The van der Waals surface area contributed by atoms with E-state index in [0.29, 0.717) is 31.1 Å². The van der Waals surface area contributed by atoms with Crippen molar-refractivity contribution in [3.8, 4) is 5.69 Å². The minimum atomic E-state index is -0.490. The van der Waals surface area contributed by atoms with Crippen molar-refractivity contribution in [3.63, 3.8) is 0 Å². The van der Waals surface area contributed by atoms with Gasteiger partial charge in [-0.25, -0.2) is 14.5 Å². The molecule has 1 fully saturated rings. The summed E-state index contributed by atoms with van der Waals surface area (Å²) in [4.78, 5) is 34.8. The number of pyridine rings is 1. The van der Waals surface area contributed by atoms with Gasteiger partial charge in [0.05, 0.1) is 11.4 Å². The van der Waals surface area contributed by atoms with E-state index in [-0.39, 0.29) is 12.5 Å². The number of benzene rings is 1. The molecule has 0 saturated carbocycles. The highest BCUT2D eigenvalue weighted by atomic mass is 32.1. The van der Waals surface area contributed by atoms with Gasteiger partial charge in [-0.1, -0.05) is 24.3 Å². The van der Waals surface area contributed by atoms with Crippen LogP contribution in [0, 0.1) is 6.92 Å². The lowest BCUT2D eigenvalue weighted by Crippen LogP contribution is -2.50. The molecule has 1 aromatic carbocycles. The second-order valence-corrected chi connectivity index (χ2v) is 8.82. The maximum Gasteiger partial charge on any atom is 0.348 e. The number of aromatic nitrogens is 3. The van der Waals surface area contributed by atoms with Gasteiger partial charge in [-0.05, 0) is 37.3 Å². The molecule has 8 nitrogen and oxygen atoms in total. The lowest BCUT2D eigenvalue weighted by molar-refractivity contribution is -0.134. The summed E-state index contributed by atoms with van der Waals surface area (Å²) in [5.41, 5.74) is 1.77. The van der Waals surface area contributed by atoms with Gasteiger partial charge in [-0.3, -0.25) is 4.79 Å². The summed E-state index contributed by atoms with van der Waals surface area (Å²) >= 11 is 1.32. The summed E-state index contributed by atoms with van der Waals surface area (Å²) in [5.74, 6) is 0.234. The molecule has 0 aliphatic carbocycles. The van der Waals surface area contributed by atoms with Gasteiger partial charge in [0.2, 0.25) is 0 Å². The maximum atomic E-state index is 12.7. The molecule has 33 heavy (non-hydrogen) atoms. The van der Waals surface area contributed by atoms with Gasteiger partial charge < -0.3 is 14.5 Å². The van der Waals surface area contributed by atoms with Crippen LogP contribution >= 0.6 is 11.3 Å². The third kappa shape index (κ3) is 4.31. The van der Waals surface area contributed by atoms with Gasteiger partial charge in [-0.2, -0.15) is 5.10 Å². The van der Waals surface area contributed by atoms with Gasteiger partial charge in [0.1, 0.15) is 15.5 Å². The van der Waals surface area contributed by atoms with E-state index >= 15 is 0 Å². The molecule has 0 bridgehead atoms. The number of anilines is 1. The Morgan fingerprint density at radius 1 is 1.03 bits per heavy atom. The van der Waals surface area contributed by atoms with Crippen molar-refractivity contribution in [1.82, 2.24) is 19.7 Å². The van der Waals surface area contributed by atoms with Crippen molar-refractivity contribution in [2.45, 2.75) is 6.92 Å². The van der Waals surface area contributed by atoms with Crippen molar-refractivity contribution in [2.75, 3.05) is 37.7 Å². The van der Waals surface area contributed by atoms with Crippen LogP contribution in [0.2, 0.25) is 0 Å².